The number of piperidine rings is 1. The van der Waals surface area contributed by atoms with Gasteiger partial charge in [-0.15, -0.1) is 0 Å². The maximum absolute atomic E-state index is 12.1. The number of carbonyl (C=O) groups is 1. The van der Waals surface area contributed by atoms with Crippen LogP contribution in [0.15, 0.2) is 30.3 Å². The fourth-order valence-corrected chi connectivity index (χ4v) is 3.43. The van der Waals surface area contributed by atoms with Crippen molar-refractivity contribution in [3.8, 4) is 0 Å². The van der Waals surface area contributed by atoms with Crippen LogP contribution in [0.2, 0.25) is 0 Å². The summed E-state index contributed by atoms with van der Waals surface area (Å²) in [5, 5.41) is 3.08. The number of nitrogens with zero attached hydrogens (tertiary/aromatic N) is 1. The minimum absolute atomic E-state index is 0.208. The highest BCUT2D eigenvalue weighted by Crippen LogP contribution is 2.33. The second-order valence-corrected chi connectivity index (χ2v) is 7.33. The van der Waals surface area contributed by atoms with Crippen molar-refractivity contribution in [1.82, 2.24) is 10.2 Å². The molecule has 2 atom stereocenters. The molecule has 1 amide bonds. The number of carbonyl (C=O) groups excluding carboxylic acids is 1. The lowest BCUT2D eigenvalue weighted by Gasteiger charge is -2.39. The summed E-state index contributed by atoms with van der Waals surface area (Å²) < 4.78 is 5.37. The first-order valence-corrected chi connectivity index (χ1v) is 8.83. The summed E-state index contributed by atoms with van der Waals surface area (Å²) in [7, 11) is 0. The van der Waals surface area contributed by atoms with E-state index < -0.39 is 0 Å². The number of hydrogen-bond acceptors (Lipinski definition) is 3. The highest BCUT2D eigenvalue weighted by atomic mass is 16.5. The Morgan fingerprint density at radius 1 is 1.26 bits per heavy atom. The van der Waals surface area contributed by atoms with Gasteiger partial charge in [0.2, 0.25) is 0 Å². The molecule has 23 heavy (non-hydrogen) atoms. The average Bonchev–Trinajstić information content (AvgIpc) is 3.38. The van der Waals surface area contributed by atoms with E-state index in [0.29, 0.717) is 18.4 Å². The van der Waals surface area contributed by atoms with Crippen molar-refractivity contribution >= 4 is 6.09 Å². The van der Waals surface area contributed by atoms with Gasteiger partial charge < -0.3 is 10.1 Å². The van der Waals surface area contributed by atoms with Crippen LogP contribution in [-0.4, -0.2) is 36.2 Å². The van der Waals surface area contributed by atoms with Crippen molar-refractivity contribution in [2.45, 2.75) is 51.8 Å². The molecular formula is C19H28N2O2. The molecule has 1 aromatic rings. The third-order valence-corrected chi connectivity index (χ3v) is 5.05. The van der Waals surface area contributed by atoms with Gasteiger partial charge in [0.1, 0.15) is 6.61 Å². The molecule has 1 aromatic carbocycles. The Hall–Kier alpha value is -1.55. The van der Waals surface area contributed by atoms with Crippen molar-refractivity contribution in [1.29, 1.82) is 0 Å². The summed E-state index contributed by atoms with van der Waals surface area (Å²) in [5.74, 6) is 1.31. The molecule has 2 aliphatic rings. The Morgan fingerprint density at radius 2 is 2.00 bits per heavy atom. The topological polar surface area (TPSA) is 41.6 Å². The van der Waals surface area contributed by atoms with Crippen LogP contribution in [-0.2, 0) is 11.3 Å². The highest BCUT2D eigenvalue weighted by molar-refractivity contribution is 5.67. The zero-order chi connectivity index (χ0) is 16.2. The number of amides is 1. The summed E-state index contributed by atoms with van der Waals surface area (Å²) in [5.41, 5.74) is 1.02. The molecule has 2 fully saturated rings. The Bertz CT molecular complexity index is 503. The number of hydrogen-bond donors (Lipinski definition) is 1. The third-order valence-electron chi connectivity index (χ3n) is 5.05. The monoisotopic (exact) mass is 316 g/mol. The first-order valence-electron chi connectivity index (χ1n) is 8.83. The number of nitrogens with one attached hydrogen (secondary N) is 1. The second kappa shape index (κ2) is 7.35. The van der Waals surface area contributed by atoms with E-state index in [9.17, 15) is 4.79 Å². The second-order valence-electron chi connectivity index (χ2n) is 7.33. The van der Waals surface area contributed by atoms with E-state index in [1.54, 1.807) is 0 Å². The maximum atomic E-state index is 12.1. The molecule has 1 saturated carbocycles. The van der Waals surface area contributed by atoms with Crippen molar-refractivity contribution in [3.63, 3.8) is 0 Å². The highest BCUT2D eigenvalue weighted by Gasteiger charge is 2.37. The predicted octanol–water partition coefficient (Wildman–Crippen LogP) is 3.42. The summed E-state index contributed by atoms with van der Waals surface area (Å²) >= 11 is 0. The van der Waals surface area contributed by atoms with Crippen LogP contribution < -0.4 is 5.32 Å². The van der Waals surface area contributed by atoms with Crippen LogP contribution >= 0.6 is 0 Å². The van der Waals surface area contributed by atoms with Crippen LogP contribution in [0.4, 0.5) is 4.79 Å². The van der Waals surface area contributed by atoms with Crippen molar-refractivity contribution in [2.75, 3.05) is 13.1 Å². The molecule has 1 saturated heterocycles. The first kappa shape index (κ1) is 16.3. The van der Waals surface area contributed by atoms with Gasteiger partial charge in [-0.25, -0.2) is 4.79 Å². The summed E-state index contributed by atoms with van der Waals surface area (Å²) in [4.78, 5) is 14.7. The molecule has 0 spiro atoms. The molecule has 1 N–H and O–H groups in total. The van der Waals surface area contributed by atoms with Crippen molar-refractivity contribution < 1.29 is 9.53 Å². The van der Waals surface area contributed by atoms with Crippen molar-refractivity contribution in [3.05, 3.63) is 35.9 Å². The molecular weight excluding hydrogens is 288 g/mol. The number of likely N-dealkylation sites (tertiary alicyclic amines) is 1. The van der Waals surface area contributed by atoms with Gasteiger partial charge in [0.15, 0.2) is 0 Å². The molecule has 0 bridgehead atoms. The Kier molecular flexibility index (Phi) is 5.21. The van der Waals surface area contributed by atoms with Crippen LogP contribution in [0.3, 0.4) is 0 Å². The molecule has 2 unspecified atom stereocenters. The van der Waals surface area contributed by atoms with E-state index in [4.69, 9.17) is 4.74 Å². The van der Waals surface area contributed by atoms with Crippen molar-refractivity contribution in [2.24, 2.45) is 11.8 Å². The standard InChI is InChI=1S/C19H28N2O2/c1-14(2)16-10-17(12-21(11-16)18-8-9-18)20-19(22)23-13-15-6-4-3-5-7-15/h3-7,14,16-18H,8-13H2,1-2H3,(H,20,22). The van der Waals surface area contributed by atoms with Gasteiger partial charge in [0, 0.05) is 25.2 Å². The summed E-state index contributed by atoms with van der Waals surface area (Å²) in [6, 6.07) is 10.8. The Balaban J connectivity index is 1.50. The van der Waals surface area contributed by atoms with E-state index in [1.165, 1.54) is 19.4 Å². The number of alkyl carbamates (subject to hydrolysis) is 1. The number of ether oxygens (including phenoxy) is 1. The van der Waals surface area contributed by atoms with E-state index >= 15 is 0 Å². The predicted molar refractivity (Wildman–Crippen MR) is 91.1 cm³/mol. The maximum Gasteiger partial charge on any atom is 0.407 e. The van der Waals surface area contributed by atoms with Gasteiger partial charge >= 0.3 is 6.09 Å². The molecule has 0 aromatic heterocycles. The molecule has 1 aliphatic carbocycles. The van der Waals surface area contributed by atoms with Crippen LogP contribution in [0.1, 0.15) is 38.7 Å². The lowest BCUT2D eigenvalue weighted by Crippen LogP contribution is -2.52. The van der Waals surface area contributed by atoms with Crippen LogP contribution in [0.5, 0.6) is 0 Å². The summed E-state index contributed by atoms with van der Waals surface area (Å²) in [6.07, 6.45) is 3.40. The molecule has 3 rings (SSSR count). The number of benzene rings is 1. The molecule has 1 aliphatic heterocycles. The summed E-state index contributed by atoms with van der Waals surface area (Å²) in [6.45, 7) is 7.05. The van der Waals surface area contributed by atoms with Gasteiger partial charge in [0.05, 0.1) is 0 Å². The van der Waals surface area contributed by atoms with Crippen LogP contribution in [0, 0.1) is 11.8 Å². The van der Waals surface area contributed by atoms with E-state index in [0.717, 1.165) is 24.6 Å². The van der Waals surface area contributed by atoms with Gasteiger partial charge in [-0.2, -0.15) is 0 Å². The molecule has 4 nitrogen and oxygen atoms in total. The van der Waals surface area contributed by atoms with Gasteiger partial charge in [0.25, 0.3) is 0 Å². The lowest BCUT2D eigenvalue weighted by molar-refractivity contribution is 0.0939. The van der Waals surface area contributed by atoms with Gasteiger partial charge in [-0.05, 0) is 36.7 Å². The van der Waals surface area contributed by atoms with E-state index in [1.807, 2.05) is 30.3 Å². The fourth-order valence-electron chi connectivity index (χ4n) is 3.43. The number of rotatable bonds is 5. The zero-order valence-corrected chi connectivity index (χ0v) is 14.2. The normalized spacial score (nSPS) is 25.3. The third kappa shape index (κ3) is 4.71. The van der Waals surface area contributed by atoms with E-state index in [-0.39, 0.29) is 12.1 Å². The quantitative estimate of drug-likeness (QED) is 0.905. The first-order chi connectivity index (χ1) is 11.1. The molecule has 0 radical (unpaired) electrons. The minimum Gasteiger partial charge on any atom is -0.445 e. The Morgan fingerprint density at radius 3 is 2.65 bits per heavy atom. The largest absolute Gasteiger partial charge is 0.445 e. The Labute approximate surface area is 139 Å². The van der Waals surface area contributed by atoms with Gasteiger partial charge in [-0.1, -0.05) is 44.2 Å². The fraction of sp³-hybridized carbons (Fsp3) is 0.632. The average molecular weight is 316 g/mol. The zero-order valence-electron chi connectivity index (χ0n) is 14.2. The molecule has 126 valence electrons. The van der Waals surface area contributed by atoms with Gasteiger partial charge in [-0.3, -0.25) is 4.90 Å². The SMILES string of the molecule is CC(C)C1CC(NC(=O)OCc2ccccc2)CN(C2CC2)C1. The molecule has 1 heterocycles. The minimum atomic E-state index is -0.293. The molecule has 4 heteroatoms. The lowest BCUT2D eigenvalue weighted by atomic mass is 9.85. The van der Waals surface area contributed by atoms with Crippen LogP contribution in [0.25, 0.3) is 0 Å². The smallest absolute Gasteiger partial charge is 0.407 e. The van der Waals surface area contributed by atoms with E-state index in [2.05, 4.69) is 24.1 Å².